The van der Waals surface area contributed by atoms with Crippen molar-refractivity contribution in [3.63, 3.8) is 0 Å². The molecule has 1 rings (SSSR count). The Morgan fingerprint density at radius 3 is 2.43 bits per heavy atom. The lowest BCUT2D eigenvalue weighted by atomic mass is 9.97. The maximum absolute atomic E-state index is 11.7. The number of amides is 2. The molecule has 0 aromatic rings. The first kappa shape index (κ1) is 17.8. The normalized spacial score (nSPS) is 17.0. The molecule has 0 saturated heterocycles. The van der Waals surface area contributed by atoms with E-state index in [0.29, 0.717) is 24.3 Å². The van der Waals surface area contributed by atoms with Crippen LogP contribution in [0.2, 0.25) is 0 Å². The Kier molecular flexibility index (Phi) is 7.54. The number of carboxylic acid groups (broad SMARTS) is 1. The van der Waals surface area contributed by atoms with E-state index >= 15 is 0 Å². The van der Waals surface area contributed by atoms with Gasteiger partial charge in [0.05, 0.1) is 0 Å². The first-order chi connectivity index (χ1) is 10.0. The molecule has 21 heavy (non-hydrogen) atoms. The maximum atomic E-state index is 11.7. The Morgan fingerprint density at radius 1 is 1.19 bits per heavy atom. The molecular formula is C16H30N2O3. The summed E-state index contributed by atoms with van der Waals surface area (Å²) in [4.78, 5) is 22.3. The third-order valence-electron chi connectivity index (χ3n) is 4.54. The van der Waals surface area contributed by atoms with Crippen LogP contribution in [-0.2, 0) is 4.79 Å². The highest BCUT2D eigenvalue weighted by Gasteiger charge is 2.41. The SMILES string of the molecule is CCCC1(CNC(=O)NCCC(CC)CCC(=O)O)CC1. The minimum Gasteiger partial charge on any atom is -0.481 e. The number of urea groups is 1. The maximum Gasteiger partial charge on any atom is 0.314 e. The van der Waals surface area contributed by atoms with Gasteiger partial charge in [0, 0.05) is 19.5 Å². The highest BCUT2D eigenvalue weighted by molar-refractivity contribution is 5.73. The number of carboxylic acids is 1. The molecule has 3 N–H and O–H groups in total. The van der Waals surface area contributed by atoms with E-state index in [0.717, 1.165) is 19.4 Å². The van der Waals surface area contributed by atoms with Crippen LogP contribution in [-0.4, -0.2) is 30.2 Å². The predicted molar refractivity (Wildman–Crippen MR) is 83.2 cm³/mol. The van der Waals surface area contributed by atoms with Crippen molar-refractivity contribution in [2.24, 2.45) is 11.3 Å². The second-order valence-electron chi connectivity index (χ2n) is 6.35. The minimum absolute atomic E-state index is 0.0922. The van der Waals surface area contributed by atoms with Crippen LogP contribution in [0, 0.1) is 11.3 Å². The van der Waals surface area contributed by atoms with Crippen molar-refractivity contribution < 1.29 is 14.7 Å². The fourth-order valence-corrected chi connectivity index (χ4v) is 2.82. The summed E-state index contributed by atoms with van der Waals surface area (Å²) in [5.41, 5.74) is 0.375. The average Bonchev–Trinajstić information content (AvgIpc) is 3.21. The second-order valence-corrected chi connectivity index (χ2v) is 6.35. The van der Waals surface area contributed by atoms with Gasteiger partial charge in [-0.25, -0.2) is 4.79 Å². The van der Waals surface area contributed by atoms with Gasteiger partial charge in [-0.1, -0.05) is 26.7 Å². The molecule has 0 bridgehead atoms. The van der Waals surface area contributed by atoms with Crippen molar-refractivity contribution in [2.45, 2.75) is 65.2 Å². The number of nitrogens with one attached hydrogen (secondary N) is 2. The molecule has 0 spiro atoms. The minimum atomic E-state index is -0.746. The monoisotopic (exact) mass is 298 g/mol. The first-order valence-corrected chi connectivity index (χ1v) is 8.25. The molecule has 1 aliphatic rings. The summed E-state index contributed by atoms with van der Waals surface area (Å²) in [5, 5.41) is 14.5. The van der Waals surface area contributed by atoms with E-state index in [9.17, 15) is 9.59 Å². The summed E-state index contributed by atoms with van der Waals surface area (Å²) in [5.74, 6) is -0.374. The summed E-state index contributed by atoms with van der Waals surface area (Å²) < 4.78 is 0. The standard InChI is InChI=1S/C16H30N2O3/c1-3-8-16(9-10-16)12-18-15(21)17-11-7-13(4-2)5-6-14(19)20/h13H,3-12H2,1-2H3,(H,19,20)(H2,17,18,21). The number of aliphatic carboxylic acids is 1. The fourth-order valence-electron chi connectivity index (χ4n) is 2.82. The number of hydrogen-bond acceptors (Lipinski definition) is 2. The van der Waals surface area contributed by atoms with Gasteiger partial charge in [-0.2, -0.15) is 0 Å². The Labute approximate surface area is 127 Å². The predicted octanol–water partition coefficient (Wildman–Crippen LogP) is 3.15. The van der Waals surface area contributed by atoms with Crippen LogP contribution in [0.1, 0.15) is 65.2 Å². The van der Waals surface area contributed by atoms with Gasteiger partial charge in [0.2, 0.25) is 0 Å². The zero-order valence-electron chi connectivity index (χ0n) is 13.4. The van der Waals surface area contributed by atoms with E-state index in [1.165, 1.54) is 25.7 Å². The smallest absolute Gasteiger partial charge is 0.314 e. The molecule has 1 unspecified atom stereocenters. The van der Waals surface area contributed by atoms with E-state index in [4.69, 9.17) is 5.11 Å². The lowest BCUT2D eigenvalue weighted by molar-refractivity contribution is -0.137. The van der Waals surface area contributed by atoms with Crippen molar-refractivity contribution in [1.29, 1.82) is 0 Å². The highest BCUT2D eigenvalue weighted by Crippen LogP contribution is 2.48. The Morgan fingerprint density at radius 2 is 1.90 bits per heavy atom. The molecule has 2 amide bonds. The van der Waals surface area contributed by atoms with Crippen molar-refractivity contribution in [2.75, 3.05) is 13.1 Å². The fraction of sp³-hybridized carbons (Fsp3) is 0.875. The Balaban J connectivity index is 2.10. The lowest BCUT2D eigenvalue weighted by Gasteiger charge is -2.17. The van der Waals surface area contributed by atoms with Crippen molar-refractivity contribution in [3.05, 3.63) is 0 Å². The van der Waals surface area contributed by atoms with E-state index in [2.05, 4.69) is 24.5 Å². The Bertz CT molecular complexity index is 340. The largest absolute Gasteiger partial charge is 0.481 e. The quantitative estimate of drug-likeness (QED) is 0.548. The molecule has 122 valence electrons. The van der Waals surface area contributed by atoms with E-state index in [-0.39, 0.29) is 12.5 Å². The highest BCUT2D eigenvalue weighted by atomic mass is 16.4. The van der Waals surface area contributed by atoms with Crippen LogP contribution in [0.25, 0.3) is 0 Å². The number of carbonyl (C=O) groups is 2. The number of carbonyl (C=O) groups excluding carboxylic acids is 1. The molecule has 1 fully saturated rings. The van der Waals surface area contributed by atoms with Crippen LogP contribution < -0.4 is 10.6 Å². The molecule has 1 atom stereocenters. The summed E-state index contributed by atoms with van der Waals surface area (Å²) in [6, 6.07) is -0.0922. The van der Waals surface area contributed by atoms with Crippen LogP contribution in [0.4, 0.5) is 4.79 Å². The summed E-state index contributed by atoms with van der Waals surface area (Å²) in [7, 11) is 0. The van der Waals surface area contributed by atoms with Gasteiger partial charge in [-0.15, -0.1) is 0 Å². The van der Waals surface area contributed by atoms with Gasteiger partial charge in [0.1, 0.15) is 0 Å². The van der Waals surface area contributed by atoms with Gasteiger partial charge >= 0.3 is 12.0 Å². The molecule has 0 aromatic carbocycles. The molecule has 1 aliphatic carbocycles. The van der Waals surface area contributed by atoms with Crippen molar-refractivity contribution in [1.82, 2.24) is 10.6 Å². The van der Waals surface area contributed by atoms with Crippen molar-refractivity contribution >= 4 is 12.0 Å². The van der Waals surface area contributed by atoms with E-state index < -0.39 is 5.97 Å². The topological polar surface area (TPSA) is 78.4 Å². The molecule has 0 radical (unpaired) electrons. The van der Waals surface area contributed by atoms with E-state index in [1.54, 1.807) is 0 Å². The summed E-state index contributed by atoms with van der Waals surface area (Å²) >= 11 is 0. The van der Waals surface area contributed by atoms with Gasteiger partial charge < -0.3 is 15.7 Å². The molecule has 5 nitrogen and oxygen atoms in total. The second kappa shape index (κ2) is 8.90. The lowest BCUT2D eigenvalue weighted by Crippen LogP contribution is -2.39. The van der Waals surface area contributed by atoms with Crippen molar-refractivity contribution in [3.8, 4) is 0 Å². The molecule has 5 heteroatoms. The zero-order valence-corrected chi connectivity index (χ0v) is 13.4. The Hall–Kier alpha value is -1.26. The number of rotatable bonds is 11. The first-order valence-electron chi connectivity index (χ1n) is 8.25. The molecular weight excluding hydrogens is 268 g/mol. The van der Waals surface area contributed by atoms with Crippen LogP contribution in [0.15, 0.2) is 0 Å². The average molecular weight is 298 g/mol. The molecule has 1 saturated carbocycles. The van der Waals surface area contributed by atoms with Gasteiger partial charge in [0.15, 0.2) is 0 Å². The molecule has 0 aliphatic heterocycles. The molecule has 0 aromatic heterocycles. The third-order valence-corrected chi connectivity index (χ3v) is 4.54. The molecule has 0 heterocycles. The third kappa shape index (κ3) is 7.34. The van der Waals surface area contributed by atoms with Gasteiger partial charge in [-0.3, -0.25) is 4.79 Å². The van der Waals surface area contributed by atoms with Crippen LogP contribution in [0.5, 0.6) is 0 Å². The van der Waals surface area contributed by atoms with Crippen LogP contribution >= 0.6 is 0 Å². The summed E-state index contributed by atoms with van der Waals surface area (Å²) in [6.45, 7) is 5.64. The zero-order chi connectivity index (χ0) is 15.7. The van der Waals surface area contributed by atoms with Gasteiger partial charge in [0.25, 0.3) is 0 Å². The summed E-state index contributed by atoms with van der Waals surface area (Å²) in [6.07, 6.45) is 7.53. The van der Waals surface area contributed by atoms with E-state index in [1.807, 2.05) is 0 Å². The number of hydrogen-bond donors (Lipinski definition) is 3. The van der Waals surface area contributed by atoms with Crippen LogP contribution in [0.3, 0.4) is 0 Å². The van der Waals surface area contributed by atoms with Gasteiger partial charge in [-0.05, 0) is 43.4 Å².